The quantitative estimate of drug-likeness (QED) is 0.841. The molecule has 1 rings (SSSR count). The van der Waals surface area contributed by atoms with E-state index in [9.17, 15) is 0 Å². The first-order valence-electron chi connectivity index (χ1n) is 6.52. The van der Waals surface area contributed by atoms with Crippen molar-refractivity contribution in [1.82, 2.24) is 4.90 Å². The smallest absolute Gasteiger partial charge is 0.165 e. The number of ether oxygens (including phenoxy) is 2. The highest BCUT2D eigenvalue weighted by molar-refractivity contribution is 5.85. The highest BCUT2D eigenvalue weighted by Gasteiger charge is 2.19. The Morgan fingerprint density at radius 2 is 1.85 bits per heavy atom. The molecule has 0 aliphatic carbocycles. The number of methoxy groups -OCH3 is 2. The van der Waals surface area contributed by atoms with Crippen LogP contribution in [0.15, 0.2) is 18.2 Å². The van der Waals surface area contributed by atoms with E-state index in [1.165, 1.54) is 0 Å². The minimum atomic E-state index is 0. The van der Waals surface area contributed by atoms with Crippen LogP contribution in [-0.2, 0) is 6.54 Å². The van der Waals surface area contributed by atoms with E-state index in [0.717, 1.165) is 30.2 Å². The summed E-state index contributed by atoms with van der Waals surface area (Å²) in [5.74, 6) is 1.58. The van der Waals surface area contributed by atoms with Crippen molar-refractivity contribution in [2.45, 2.75) is 20.4 Å². The monoisotopic (exact) mass is 302 g/mol. The minimum absolute atomic E-state index is 0. The molecule has 0 heterocycles. The average Bonchev–Trinajstić information content (AvgIpc) is 2.37. The van der Waals surface area contributed by atoms with Gasteiger partial charge < -0.3 is 20.1 Å². The van der Waals surface area contributed by atoms with Crippen LogP contribution in [0.25, 0.3) is 0 Å². The van der Waals surface area contributed by atoms with Crippen LogP contribution in [0.2, 0.25) is 0 Å². The van der Waals surface area contributed by atoms with Crippen LogP contribution in [0.3, 0.4) is 0 Å². The predicted octanol–water partition coefficient (Wildman–Crippen LogP) is 2.54. The normalized spacial score (nSPS) is 11.2. The average molecular weight is 303 g/mol. The Labute approximate surface area is 128 Å². The number of rotatable bonds is 7. The van der Waals surface area contributed by atoms with Crippen LogP contribution in [0.1, 0.15) is 19.4 Å². The van der Waals surface area contributed by atoms with E-state index in [1.54, 1.807) is 14.2 Å². The summed E-state index contributed by atoms with van der Waals surface area (Å²) in [5.41, 5.74) is 7.01. The largest absolute Gasteiger partial charge is 0.493 e. The number of hydrogen-bond donors (Lipinski definition) is 1. The summed E-state index contributed by atoms with van der Waals surface area (Å²) in [6, 6.07) is 5.96. The standard InChI is InChI=1S/C15H26N2O2.ClH/c1-15(2,10-16)11-17(3)9-12-7-6-8-13(18-4)14(12)19-5;/h6-8H,9-11,16H2,1-5H3;1H. The second-order valence-corrected chi connectivity index (χ2v) is 5.69. The highest BCUT2D eigenvalue weighted by Crippen LogP contribution is 2.31. The molecule has 0 saturated carbocycles. The van der Waals surface area contributed by atoms with Gasteiger partial charge in [0.1, 0.15) is 0 Å². The van der Waals surface area contributed by atoms with Crippen LogP contribution in [-0.4, -0.2) is 39.3 Å². The number of halogens is 1. The third kappa shape index (κ3) is 5.19. The maximum atomic E-state index is 5.78. The molecule has 0 saturated heterocycles. The molecule has 0 radical (unpaired) electrons. The molecule has 0 atom stereocenters. The molecular weight excluding hydrogens is 276 g/mol. The van der Waals surface area contributed by atoms with Crippen molar-refractivity contribution in [3.63, 3.8) is 0 Å². The van der Waals surface area contributed by atoms with Gasteiger partial charge in [-0.25, -0.2) is 0 Å². The minimum Gasteiger partial charge on any atom is -0.493 e. The van der Waals surface area contributed by atoms with E-state index >= 15 is 0 Å². The number of nitrogens with two attached hydrogens (primary N) is 1. The number of para-hydroxylation sites is 1. The van der Waals surface area contributed by atoms with E-state index in [-0.39, 0.29) is 17.8 Å². The van der Waals surface area contributed by atoms with Crippen LogP contribution in [0, 0.1) is 5.41 Å². The van der Waals surface area contributed by atoms with Gasteiger partial charge in [-0.15, -0.1) is 12.4 Å². The Morgan fingerprint density at radius 3 is 2.35 bits per heavy atom. The molecule has 0 fully saturated rings. The van der Waals surface area contributed by atoms with E-state index in [0.29, 0.717) is 6.54 Å². The lowest BCUT2D eigenvalue weighted by Crippen LogP contribution is -2.36. The second-order valence-electron chi connectivity index (χ2n) is 5.69. The Hall–Kier alpha value is -0.970. The molecule has 1 aromatic rings. The van der Waals surface area contributed by atoms with Crippen LogP contribution < -0.4 is 15.2 Å². The molecule has 4 nitrogen and oxygen atoms in total. The van der Waals surface area contributed by atoms with Crippen molar-refractivity contribution in [2.75, 3.05) is 34.4 Å². The Kier molecular flexibility index (Phi) is 7.94. The van der Waals surface area contributed by atoms with Crippen molar-refractivity contribution in [3.8, 4) is 11.5 Å². The molecule has 0 amide bonds. The number of nitrogens with zero attached hydrogens (tertiary/aromatic N) is 1. The molecule has 2 N–H and O–H groups in total. The summed E-state index contributed by atoms with van der Waals surface area (Å²) in [7, 11) is 5.42. The molecule has 1 aromatic carbocycles. The van der Waals surface area contributed by atoms with Gasteiger partial charge in [0, 0.05) is 18.7 Å². The van der Waals surface area contributed by atoms with Crippen molar-refractivity contribution >= 4 is 12.4 Å². The van der Waals surface area contributed by atoms with Gasteiger partial charge in [-0.1, -0.05) is 26.0 Å². The molecule has 0 aromatic heterocycles. The van der Waals surface area contributed by atoms with Crippen LogP contribution in [0.4, 0.5) is 0 Å². The maximum Gasteiger partial charge on any atom is 0.165 e. The number of hydrogen-bond acceptors (Lipinski definition) is 4. The van der Waals surface area contributed by atoms with Gasteiger partial charge in [-0.05, 0) is 25.1 Å². The van der Waals surface area contributed by atoms with E-state index < -0.39 is 0 Å². The SMILES string of the molecule is COc1cccc(CN(C)CC(C)(C)CN)c1OC.Cl. The summed E-state index contributed by atoms with van der Waals surface area (Å²) >= 11 is 0. The molecular formula is C15H27ClN2O2. The Morgan fingerprint density at radius 1 is 1.20 bits per heavy atom. The van der Waals surface area contributed by atoms with Crippen molar-refractivity contribution in [1.29, 1.82) is 0 Å². The van der Waals surface area contributed by atoms with Gasteiger partial charge in [0.25, 0.3) is 0 Å². The van der Waals surface area contributed by atoms with Gasteiger partial charge in [0.15, 0.2) is 11.5 Å². The molecule has 0 aliphatic rings. The molecule has 116 valence electrons. The van der Waals surface area contributed by atoms with Gasteiger partial charge >= 0.3 is 0 Å². The maximum absolute atomic E-state index is 5.78. The molecule has 0 aliphatic heterocycles. The zero-order chi connectivity index (χ0) is 14.5. The highest BCUT2D eigenvalue weighted by atomic mass is 35.5. The van der Waals surface area contributed by atoms with Gasteiger partial charge in [-0.3, -0.25) is 0 Å². The lowest BCUT2D eigenvalue weighted by atomic mass is 9.93. The predicted molar refractivity (Wildman–Crippen MR) is 86.0 cm³/mol. The lowest BCUT2D eigenvalue weighted by molar-refractivity contribution is 0.207. The summed E-state index contributed by atoms with van der Waals surface area (Å²) in [4.78, 5) is 2.25. The summed E-state index contributed by atoms with van der Waals surface area (Å²) in [6.45, 7) is 6.76. The Bertz CT molecular complexity index is 411. The van der Waals surface area contributed by atoms with Gasteiger partial charge in [-0.2, -0.15) is 0 Å². The first-order chi connectivity index (χ1) is 8.93. The Balaban J connectivity index is 0.00000361. The topological polar surface area (TPSA) is 47.7 Å². The lowest BCUT2D eigenvalue weighted by Gasteiger charge is -2.29. The van der Waals surface area contributed by atoms with Crippen LogP contribution in [0.5, 0.6) is 11.5 Å². The third-order valence-corrected chi connectivity index (χ3v) is 3.18. The molecule has 20 heavy (non-hydrogen) atoms. The van der Waals surface area contributed by atoms with Crippen LogP contribution >= 0.6 is 12.4 Å². The van der Waals surface area contributed by atoms with Gasteiger partial charge in [0.2, 0.25) is 0 Å². The third-order valence-electron chi connectivity index (χ3n) is 3.18. The van der Waals surface area contributed by atoms with Crippen molar-refractivity contribution in [3.05, 3.63) is 23.8 Å². The molecule has 0 unspecified atom stereocenters. The molecule has 5 heteroatoms. The molecule has 0 spiro atoms. The second kappa shape index (κ2) is 8.35. The first kappa shape index (κ1) is 19.0. The fraction of sp³-hybridized carbons (Fsp3) is 0.600. The molecule has 0 bridgehead atoms. The first-order valence-corrected chi connectivity index (χ1v) is 6.52. The fourth-order valence-corrected chi connectivity index (χ4v) is 2.22. The van der Waals surface area contributed by atoms with Crippen molar-refractivity contribution in [2.24, 2.45) is 11.1 Å². The van der Waals surface area contributed by atoms with Gasteiger partial charge in [0.05, 0.1) is 14.2 Å². The van der Waals surface area contributed by atoms with E-state index in [4.69, 9.17) is 15.2 Å². The van der Waals surface area contributed by atoms with E-state index in [1.807, 2.05) is 12.1 Å². The zero-order valence-corrected chi connectivity index (χ0v) is 13.9. The van der Waals surface area contributed by atoms with Crippen molar-refractivity contribution < 1.29 is 9.47 Å². The fourth-order valence-electron chi connectivity index (χ4n) is 2.22. The summed E-state index contributed by atoms with van der Waals surface area (Å²) < 4.78 is 10.8. The zero-order valence-electron chi connectivity index (χ0n) is 13.1. The summed E-state index contributed by atoms with van der Waals surface area (Å²) in [6.07, 6.45) is 0. The number of benzene rings is 1. The summed E-state index contributed by atoms with van der Waals surface area (Å²) in [5, 5.41) is 0. The van der Waals surface area contributed by atoms with E-state index in [2.05, 4.69) is 31.9 Å².